The van der Waals surface area contributed by atoms with Crippen molar-refractivity contribution < 1.29 is 18.9 Å². The second-order valence-electron chi connectivity index (χ2n) is 5.65. The predicted molar refractivity (Wildman–Crippen MR) is 107 cm³/mol. The highest BCUT2D eigenvalue weighted by Crippen LogP contribution is 2.52. The largest absolute Gasteiger partial charge is 0.493 e. The van der Waals surface area contributed by atoms with E-state index in [4.69, 9.17) is 18.9 Å². The summed E-state index contributed by atoms with van der Waals surface area (Å²) in [5.41, 5.74) is 0. The van der Waals surface area contributed by atoms with Gasteiger partial charge in [-0.25, -0.2) is 0 Å². The van der Waals surface area contributed by atoms with Gasteiger partial charge in [-0.1, -0.05) is 30.4 Å². The second-order valence-corrected chi connectivity index (χ2v) is 7.86. The minimum atomic E-state index is -0.860. The summed E-state index contributed by atoms with van der Waals surface area (Å²) in [6, 6.07) is 12.0. The standard InChI is InChI=1S/C21H23O4P/c1-22-16-11-7-13-18(20(16)24-3)26(15-9-5-6-10-15)19-14-8-12-17(23-2)21(19)25-4/h5-9,11-14H,10H2,1-4H3. The number of methoxy groups -OCH3 is 4. The molecule has 0 aromatic heterocycles. The van der Waals surface area contributed by atoms with Crippen LogP contribution >= 0.6 is 7.92 Å². The van der Waals surface area contributed by atoms with Gasteiger partial charge in [0.05, 0.1) is 28.4 Å². The summed E-state index contributed by atoms with van der Waals surface area (Å²) >= 11 is 0. The highest BCUT2D eigenvalue weighted by molar-refractivity contribution is 7.77. The van der Waals surface area contributed by atoms with E-state index in [0.717, 1.165) is 40.0 Å². The number of hydrogen-bond donors (Lipinski definition) is 0. The van der Waals surface area contributed by atoms with Crippen LogP contribution in [0.3, 0.4) is 0 Å². The van der Waals surface area contributed by atoms with Gasteiger partial charge in [-0.05, 0) is 43.9 Å². The van der Waals surface area contributed by atoms with Gasteiger partial charge in [0.2, 0.25) is 0 Å². The Hall–Kier alpha value is -2.45. The lowest BCUT2D eigenvalue weighted by Crippen LogP contribution is -2.18. The number of para-hydroxylation sites is 2. The summed E-state index contributed by atoms with van der Waals surface area (Å²) in [6.45, 7) is 0. The molecule has 0 amide bonds. The number of ether oxygens (including phenoxy) is 4. The quantitative estimate of drug-likeness (QED) is 0.691. The van der Waals surface area contributed by atoms with Crippen LogP contribution in [0.1, 0.15) is 6.42 Å². The fourth-order valence-electron chi connectivity index (χ4n) is 3.13. The first-order valence-electron chi connectivity index (χ1n) is 8.33. The monoisotopic (exact) mass is 370 g/mol. The molecule has 1 aliphatic rings. The van der Waals surface area contributed by atoms with Gasteiger partial charge in [-0.15, -0.1) is 0 Å². The van der Waals surface area contributed by atoms with Gasteiger partial charge in [-0.3, -0.25) is 0 Å². The zero-order valence-electron chi connectivity index (χ0n) is 15.5. The maximum atomic E-state index is 5.73. The van der Waals surface area contributed by atoms with Crippen molar-refractivity contribution in [2.24, 2.45) is 0 Å². The van der Waals surface area contributed by atoms with Crippen molar-refractivity contribution in [1.29, 1.82) is 0 Å². The van der Waals surface area contributed by atoms with E-state index >= 15 is 0 Å². The Bertz CT molecular complexity index is 786. The summed E-state index contributed by atoms with van der Waals surface area (Å²) in [4.78, 5) is 0. The van der Waals surface area contributed by atoms with Crippen LogP contribution in [0.2, 0.25) is 0 Å². The first-order valence-corrected chi connectivity index (χ1v) is 9.67. The van der Waals surface area contributed by atoms with Crippen LogP contribution in [0.5, 0.6) is 23.0 Å². The molecule has 0 spiro atoms. The highest BCUT2D eigenvalue weighted by atomic mass is 31.1. The van der Waals surface area contributed by atoms with E-state index in [9.17, 15) is 0 Å². The van der Waals surface area contributed by atoms with Crippen molar-refractivity contribution in [3.8, 4) is 23.0 Å². The molecule has 0 bridgehead atoms. The molecule has 3 rings (SSSR count). The summed E-state index contributed by atoms with van der Waals surface area (Å²) in [6.07, 6.45) is 7.36. The lowest BCUT2D eigenvalue weighted by atomic mass is 10.3. The van der Waals surface area contributed by atoms with Crippen LogP contribution < -0.4 is 29.6 Å². The first-order chi connectivity index (χ1) is 12.7. The van der Waals surface area contributed by atoms with E-state index in [1.165, 1.54) is 5.31 Å². The van der Waals surface area contributed by atoms with Crippen LogP contribution in [-0.2, 0) is 0 Å². The molecule has 2 aromatic rings. The van der Waals surface area contributed by atoms with E-state index in [-0.39, 0.29) is 0 Å². The average molecular weight is 370 g/mol. The third-order valence-electron chi connectivity index (χ3n) is 4.29. The Morgan fingerprint density at radius 2 is 1.27 bits per heavy atom. The molecule has 0 aliphatic heterocycles. The van der Waals surface area contributed by atoms with Gasteiger partial charge >= 0.3 is 0 Å². The van der Waals surface area contributed by atoms with Gasteiger partial charge in [0, 0.05) is 10.6 Å². The molecule has 26 heavy (non-hydrogen) atoms. The lowest BCUT2D eigenvalue weighted by Gasteiger charge is -2.25. The summed E-state index contributed by atoms with van der Waals surface area (Å²) in [7, 11) is 5.82. The van der Waals surface area contributed by atoms with Gasteiger partial charge in [0.15, 0.2) is 23.0 Å². The van der Waals surface area contributed by atoms with Gasteiger partial charge < -0.3 is 18.9 Å². The molecular formula is C21H23O4P. The van der Waals surface area contributed by atoms with Crippen molar-refractivity contribution in [3.63, 3.8) is 0 Å². The number of benzene rings is 2. The topological polar surface area (TPSA) is 36.9 Å². The molecule has 0 saturated carbocycles. The van der Waals surface area contributed by atoms with Crippen molar-refractivity contribution in [2.45, 2.75) is 6.42 Å². The lowest BCUT2D eigenvalue weighted by molar-refractivity contribution is 0.357. The van der Waals surface area contributed by atoms with Crippen LogP contribution in [0.15, 0.2) is 59.9 Å². The Kier molecular flexibility index (Phi) is 5.85. The maximum Gasteiger partial charge on any atom is 0.169 e. The minimum absolute atomic E-state index is 0.728. The van der Waals surface area contributed by atoms with Crippen LogP contribution in [-0.4, -0.2) is 28.4 Å². The normalized spacial score (nSPS) is 12.9. The zero-order valence-corrected chi connectivity index (χ0v) is 16.4. The third-order valence-corrected chi connectivity index (χ3v) is 6.86. The Morgan fingerprint density at radius 3 is 1.65 bits per heavy atom. The number of rotatable bonds is 7. The van der Waals surface area contributed by atoms with Crippen molar-refractivity contribution >= 4 is 18.5 Å². The van der Waals surface area contributed by atoms with Crippen molar-refractivity contribution in [3.05, 3.63) is 59.9 Å². The molecule has 0 fully saturated rings. The van der Waals surface area contributed by atoms with Crippen molar-refractivity contribution in [2.75, 3.05) is 28.4 Å². The van der Waals surface area contributed by atoms with E-state index < -0.39 is 7.92 Å². The molecular weight excluding hydrogens is 347 g/mol. The fourth-order valence-corrected chi connectivity index (χ4v) is 5.81. The van der Waals surface area contributed by atoms with Crippen LogP contribution in [0.25, 0.3) is 0 Å². The SMILES string of the molecule is COc1cccc(P(C2=CC=CC2)c2cccc(OC)c2OC)c1OC. The summed E-state index contributed by atoms with van der Waals surface area (Å²) in [5, 5.41) is 3.53. The van der Waals surface area contributed by atoms with Crippen LogP contribution in [0, 0.1) is 0 Å². The van der Waals surface area contributed by atoms with Gasteiger partial charge in [-0.2, -0.15) is 0 Å². The van der Waals surface area contributed by atoms with E-state index in [0.29, 0.717) is 0 Å². The Labute approximate surface area is 155 Å². The summed E-state index contributed by atoms with van der Waals surface area (Å²) in [5.74, 6) is 2.98. The Morgan fingerprint density at radius 1 is 0.731 bits per heavy atom. The summed E-state index contributed by atoms with van der Waals surface area (Å²) < 4.78 is 22.5. The third kappa shape index (κ3) is 3.30. The molecule has 0 radical (unpaired) electrons. The molecule has 1 aliphatic carbocycles. The molecule has 5 heteroatoms. The first kappa shape index (κ1) is 18.3. The maximum absolute atomic E-state index is 5.73. The molecule has 0 N–H and O–H groups in total. The van der Waals surface area contributed by atoms with Gasteiger partial charge in [0.1, 0.15) is 0 Å². The molecule has 0 unspecified atom stereocenters. The van der Waals surface area contributed by atoms with E-state index in [2.05, 4.69) is 30.4 Å². The number of allylic oxidation sites excluding steroid dienone is 4. The molecule has 0 atom stereocenters. The molecule has 136 valence electrons. The smallest absolute Gasteiger partial charge is 0.169 e. The molecule has 4 nitrogen and oxygen atoms in total. The number of hydrogen-bond acceptors (Lipinski definition) is 4. The fraction of sp³-hybridized carbons (Fsp3) is 0.238. The molecule has 2 aromatic carbocycles. The molecule has 0 heterocycles. The van der Waals surface area contributed by atoms with E-state index in [1.807, 2.05) is 24.3 Å². The zero-order chi connectivity index (χ0) is 18.5. The molecule has 0 saturated heterocycles. The van der Waals surface area contributed by atoms with Crippen LogP contribution in [0.4, 0.5) is 0 Å². The predicted octanol–water partition coefficient (Wildman–Crippen LogP) is 4.00. The average Bonchev–Trinajstić information content (AvgIpc) is 3.21. The highest BCUT2D eigenvalue weighted by Gasteiger charge is 2.28. The minimum Gasteiger partial charge on any atom is -0.493 e. The van der Waals surface area contributed by atoms with Crippen molar-refractivity contribution in [1.82, 2.24) is 0 Å². The Balaban J connectivity index is 2.24. The van der Waals surface area contributed by atoms with Gasteiger partial charge in [0.25, 0.3) is 0 Å². The van der Waals surface area contributed by atoms with E-state index in [1.54, 1.807) is 28.4 Å². The second kappa shape index (κ2) is 8.29.